The van der Waals surface area contributed by atoms with Crippen molar-refractivity contribution in [1.82, 2.24) is 0 Å². The maximum absolute atomic E-state index is 2.49. The summed E-state index contributed by atoms with van der Waals surface area (Å²) in [6.45, 7) is 4.79. The van der Waals surface area contributed by atoms with Crippen molar-refractivity contribution >= 4 is 7.85 Å². The SMILES string of the molecule is BC(CCC)C1(C)CCCC1. The van der Waals surface area contributed by atoms with Gasteiger partial charge in [-0.05, 0) is 18.3 Å². The van der Waals surface area contributed by atoms with Gasteiger partial charge in [-0.1, -0.05) is 45.3 Å². The number of hydrogen-bond donors (Lipinski definition) is 0. The zero-order chi connectivity index (χ0) is 8.32. The van der Waals surface area contributed by atoms with Gasteiger partial charge in [0.2, 0.25) is 0 Å². The van der Waals surface area contributed by atoms with Crippen LogP contribution < -0.4 is 0 Å². The molecule has 0 aromatic rings. The van der Waals surface area contributed by atoms with Crippen molar-refractivity contribution in [3.8, 4) is 0 Å². The largest absolute Gasteiger partial charge is 0.106 e. The summed E-state index contributed by atoms with van der Waals surface area (Å²) in [5.74, 6) is 0.954. The molecule has 1 heteroatoms. The molecule has 0 radical (unpaired) electrons. The van der Waals surface area contributed by atoms with E-state index in [4.69, 9.17) is 0 Å². The Kier molecular flexibility index (Phi) is 3.03. The molecule has 11 heavy (non-hydrogen) atoms. The summed E-state index contributed by atoms with van der Waals surface area (Å²) in [6.07, 6.45) is 8.70. The lowest BCUT2D eigenvalue weighted by molar-refractivity contribution is 0.299. The minimum Gasteiger partial charge on any atom is -0.0654 e. The summed E-state index contributed by atoms with van der Waals surface area (Å²) >= 11 is 0. The minimum atomic E-state index is 0.704. The van der Waals surface area contributed by atoms with Gasteiger partial charge in [0.25, 0.3) is 0 Å². The van der Waals surface area contributed by atoms with Gasteiger partial charge in [-0.2, -0.15) is 0 Å². The van der Waals surface area contributed by atoms with E-state index in [0.717, 1.165) is 5.82 Å². The Balaban J connectivity index is 2.42. The number of rotatable bonds is 3. The molecular weight excluding hydrogens is 131 g/mol. The van der Waals surface area contributed by atoms with Crippen LogP contribution in [0.25, 0.3) is 0 Å². The number of hydrogen-bond acceptors (Lipinski definition) is 0. The van der Waals surface area contributed by atoms with E-state index in [9.17, 15) is 0 Å². The lowest BCUT2D eigenvalue weighted by atomic mass is 9.63. The second-order valence-electron chi connectivity index (χ2n) is 4.55. The van der Waals surface area contributed by atoms with Gasteiger partial charge in [-0.3, -0.25) is 0 Å². The highest BCUT2D eigenvalue weighted by Crippen LogP contribution is 2.47. The minimum absolute atomic E-state index is 0.704. The van der Waals surface area contributed by atoms with Crippen molar-refractivity contribution in [2.45, 2.75) is 58.2 Å². The third kappa shape index (κ3) is 2.01. The van der Waals surface area contributed by atoms with Crippen LogP contribution in [0.3, 0.4) is 0 Å². The van der Waals surface area contributed by atoms with Crippen molar-refractivity contribution in [3.63, 3.8) is 0 Å². The predicted molar refractivity (Wildman–Crippen MR) is 53.8 cm³/mol. The van der Waals surface area contributed by atoms with E-state index in [1.165, 1.54) is 38.5 Å². The van der Waals surface area contributed by atoms with Gasteiger partial charge in [0, 0.05) is 0 Å². The third-order valence-electron chi connectivity index (χ3n) is 3.66. The first-order chi connectivity index (χ1) is 5.19. The van der Waals surface area contributed by atoms with Crippen molar-refractivity contribution in [2.75, 3.05) is 0 Å². The Morgan fingerprint density at radius 2 is 1.91 bits per heavy atom. The summed E-state index contributed by atoms with van der Waals surface area (Å²) in [7, 11) is 2.44. The molecule has 0 aromatic heterocycles. The molecule has 0 N–H and O–H groups in total. The van der Waals surface area contributed by atoms with Gasteiger partial charge in [0.1, 0.15) is 7.85 Å². The Labute approximate surface area is 72.2 Å². The van der Waals surface area contributed by atoms with Gasteiger partial charge < -0.3 is 0 Å². The monoisotopic (exact) mass is 152 g/mol. The molecule has 0 spiro atoms. The van der Waals surface area contributed by atoms with Crippen LogP contribution >= 0.6 is 0 Å². The Morgan fingerprint density at radius 3 is 2.36 bits per heavy atom. The van der Waals surface area contributed by atoms with Crippen molar-refractivity contribution in [3.05, 3.63) is 0 Å². The van der Waals surface area contributed by atoms with E-state index in [-0.39, 0.29) is 0 Å². The highest BCUT2D eigenvalue weighted by Gasteiger charge is 2.32. The first kappa shape index (κ1) is 9.16. The van der Waals surface area contributed by atoms with Crippen LogP contribution in [0.15, 0.2) is 0 Å². The normalized spacial score (nSPS) is 25.3. The van der Waals surface area contributed by atoms with Crippen molar-refractivity contribution < 1.29 is 0 Å². The summed E-state index contributed by atoms with van der Waals surface area (Å²) in [5.41, 5.74) is 0.704. The smallest absolute Gasteiger partial charge is 0.0654 e. The fraction of sp³-hybridized carbons (Fsp3) is 1.00. The molecule has 1 aliphatic carbocycles. The van der Waals surface area contributed by atoms with Crippen LogP contribution in [0.5, 0.6) is 0 Å². The molecule has 1 fully saturated rings. The van der Waals surface area contributed by atoms with Crippen LogP contribution in [0.1, 0.15) is 52.4 Å². The molecule has 0 aliphatic heterocycles. The Hall–Kier alpha value is 0.0649. The van der Waals surface area contributed by atoms with E-state index in [2.05, 4.69) is 21.7 Å². The molecule has 1 aliphatic rings. The summed E-state index contributed by atoms with van der Waals surface area (Å²) in [5, 5.41) is 0. The maximum atomic E-state index is 2.49. The van der Waals surface area contributed by atoms with E-state index >= 15 is 0 Å². The first-order valence-electron chi connectivity index (χ1n) is 5.19. The zero-order valence-corrected chi connectivity index (χ0v) is 8.32. The molecule has 1 unspecified atom stereocenters. The molecule has 1 saturated carbocycles. The Morgan fingerprint density at radius 1 is 1.36 bits per heavy atom. The quantitative estimate of drug-likeness (QED) is 0.545. The Bertz CT molecular complexity index is 114. The lowest BCUT2D eigenvalue weighted by Gasteiger charge is -2.31. The zero-order valence-electron chi connectivity index (χ0n) is 8.32. The van der Waals surface area contributed by atoms with Gasteiger partial charge in [-0.25, -0.2) is 0 Å². The van der Waals surface area contributed by atoms with Crippen LogP contribution in [0, 0.1) is 5.41 Å². The molecule has 0 nitrogen and oxygen atoms in total. The van der Waals surface area contributed by atoms with Crippen molar-refractivity contribution in [1.29, 1.82) is 0 Å². The lowest BCUT2D eigenvalue weighted by Crippen LogP contribution is -2.19. The third-order valence-corrected chi connectivity index (χ3v) is 3.66. The van der Waals surface area contributed by atoms with Crippen molar-refractivity contribution in [2.24, 2.45) is 5.41 Å². The first-order valence-corrected chi connectivity index (χ1v) is 5.19. The molecule has 0 amide bonds. The van der Waals surface area contributed by atoms with Crippen LogP contribution in [-0.2, 0) is 0 Å². The molecule has 1 atom stereocenters. The molecule has 1 rings (SSSR count). The van der Waals surface area contributed by atoms with E-state index in [0.29, 0.717) is 5.41 Å². The standard InChI is InChI=1S/C10H21B/c1-3-6-9(11)10(2)7-4-5-8-10/h9H,3-8,11H2,1-2H3. The predicted octanol–water partition coefficient (Wildman–Crippen LogP) is 2.79. The van der Waals surface area contributed by atoms with Crippen LogP contribution in [-0.4, -0.2) is 7.85 Å². The van der Waals surface area contributed by atoms with Crippen LogP contribution in [0.2, 0.25) is 5.82 Å². The highest BCUT2D eigenvalue weighted by molar-refractivity contribution is 6.12. The average molecular weight is 152 g/mol. The second-order valence-corrected chi connectivity index (χ2v) is 4.55. The fourth-order valence-electron chi connectivity index (χ4n) is 2.46. The van der Waals surface area contributed by atoms with Gasteiger partial charge in [0.15, 0.2) is 0 Å². The maximum Gasteiger partial charge on any atom is 0.106 e. The fourth-order valence-corrected chi connectivity index (χ4v) is 2.46. The summed E-state index contributed by atoms with van der Waals surface area (Å²) in [6, 6.07) is 0. The van der Waals surface area contributed by atoms with Gasteiger partial charge in [0.05, 0.1) is 0 Å². The van der Waals surface area contributed by atoms with Gasteiger partial charge in [-0.15, -0.1) is 0 Å². The highest BCUT2D eigenvalue weighted by atomic mass is 14.4. The molecular formula is C10H21B. The molecule has 0 saturated heterocycles. The molecule has 0 bridgehead atoms. The van der Waals surface area contributed by atoms with E-state index < -0.39 is 0 Å². The second kappa shape index (κ2) is 3.64. The van der Waals surface area contributed by atoms with Gasteiger partial charge >= 0.3 is 0 Å². The van der Waals surface area contributed by atoms with E-state index in [1.807, 2.05) is 0 Å². The summed E-state index contributed by atoms with van der Waals surface area (Å²) < 4.78 is 0. The van der Waals surface area contributed by atoms with Crippen LogP contribution in [0.4, 0.5) is 0 Å². The molecule has 64 valence electrons. The molecule has 0 aromatic carbocycles. The average Bonchev–Trinajstić information content (AvgIpc) is 2.38. The molecule has 0 heterocycles. The topological polar surface area (TPSA) is 0 Å². The summed E-state index contributed by atoms with van der Waals surface area (Å²) in [4.78, 5) is 0. The van der Waals surface area contributed by atoms with E-state index in [1.54, 1.807) is 0 Å².